The standard InChI is InChI=1S/C25H28ClN3O6/c1-2-33-25(32)17-8-10-29(11-9-17)22(26)24(31)28-19-5-3-4-18(13-19)23(30)27-14-16-6-7-20-21(12-16)35-15-34-20/h3-7,12-13,17,22H,2,8-11,14-15H2,1H3,(H,27,30)(H,28,31). The van der Waals surface area contributed by atoms with Gasteiger partial charge in [0.05, 0.1) is 12.5 Å². The van der Waals surface area contributed by atoms with Gasteiger partial charge in [-0.15, -0.1) is 0 Å². The van der Waals surface area contributed by atoms with Crippen LogP contribution >= 0.6 is 11.6 Å². The summed E-state index contributed by atoms with van der Waals surface area (Å²) in [6, 6.07) is 12.2. The molecule has 1 fully saturated rings. The summed E-state index contributed by atoms with van der Waals surface area (Å²) in [5, 5.41) is 5.64. The zero-order chi connectivity index (χ0) is 24.8. The highest BCUT2D eigenvalue weighted by Crippen LogP contribution is 2.32. The predicted molar refractivity (Wildman–Crippen MR) is 129 cm³/mol. The van der Waals surface area contributed by atoms with Gasteiger partial charge in [-0.1, -0.05) is 23.7 Å². The molecule has 186 valence electrons. The fraction of sp³-hybridized carbons (Fsp3) is 0.400. The lowest BCUT2D eigenvalue weighted by Gasteiger charge is -2.33. The molecule has 0 bridgehead atoms. The largest absolute Gasteiger partial charge is 0.466 e. The molecule has 2 aliphatic rings. The number of nitrogens with one attached hydrogen (secondary N) is 2. The first kappa shape index (κ1) is 24.8. The van der Waals surface area contributed by atoms with Crippen molar-refractivity contribution < 1.29 is 28.6 Å². The van der Waals surface area contributed by atoms with Crippen molar-refractivity contribution in [2.24, 2.45) is 5.92 Å². The Bertz CT molecular complexity index is 1090. The molecule has 2 aliphatic heterocycles. The van der Waals surface area contributed by atoms with E-state index in [0.29, 0.717) is 61.8 Å². The molecule has 0 aliphatic carbocycles. The second-order valence-electron chi connectivity index (χ2n) is 8.34. The summed E-state index contributed by atoms with van der Waals surface area (Å²) in [6.07, 6.45) is 1.18. The number of alkyl halides is 1. The first-order valence-corrected chi connectivity index (χ1v) is 12.0. The number of anilines is 1. The topological polar surface area (TPSA) is 106 Å². The van der Waals surface area contributed by atoms with E-state index in [9.17, 15) is 14.4 Å². The number of benzene rings is 2. The molecule has 2 aromatic carbocycles. The van der Waals surface area contributed by atoms with E-state index in [1.807, 2.05) is 23.1 Å². The number of esters is 1. The molecule has 10 heteroatoms. The summed E-state index contributed by atoms with van der Waals surface area (Å²) < 4.78 is 15.7. The Labute approximate surface area is 208 Å². The number of ether oxygens (including phenoxy) is 3. The number of fused-ring (bicyclic) bond motifs is 1. The number of piperidine rings is 1. The van der Waals surface area contributed by atoms with Gasteiger partial charge in [-0.05, 0) is 55.7 Å². The quantitative estimate of drug-likeness (QED) is 0.325. The minimum Gasteiger partial charge on any atom is -0.466 e. The maximum Gasteiger partial charge on any atom is 0.309 e. The molecule has 35 heavy (non-hydrogen) atoms. The summed E-state index contributed by atoms with van der Waals surface area (Å²) >= 11 is 6.41. The fourth-order valence-corrected chi connectivity index (χ4v) is 4.31. The molecule has 2 aromatic rings. The van der Waals surface area contributed by atoms with Crippen LogP contribution in [0.3, 0.4) is 0 Å². The summed E-state index contributed by atoms with van der Waals surface area (Å²) in [7, 11) is 0. The van der Waals surface area contributed by atoms with Crippen LogP contribution in [0.2, 0.25) is 0 Å². The van der Waals surface area contributed by atoms with E-state index in [0.717, 1.165) is 5.56 Å². The maximum absolute atomic E-state index is 12.7. The molecule has 1 saturated heterocycles. The smallest absolute Gasteiger partial charge is 0.309 e. The van der Waals surface area contributed by atoms with Crippen LogP contribution in [-0.4, -0.2) is 54.7 Å². The lowest BCUT2D eigenvalue weighted by atomic mass is 9.97. The molecule has 2 amide bonds. The minimum atomic E-state index is -0.887. The molecule has 0 radical (unpaired) electrons. The van der Waals surface area contributed by atoms with Crippen LogP contribution in [0.15, 0.2) is 42.5 Å². The number of carbonyl (C=O) groups excluding carboxylic acids is 3. The van der Waals surface area contributed by atoms with E-state index >= 15 is 0 Å². The molecule has 0 saturated carbocycles. The van der Waals surface area contributed by atoms with E-state index < -0.39 is 5.50 Å². The van der Waals surface area contributed by atoms with Gasteiger partial charge in [0, 0.05) is 30.9 Å². The predicted octanol–water partition coefficient (Wildman–Crippen LogP) is 3.12. The van der Waals surface area contributed by atoms with Crippen LogP contribution < -0.4 is 20.1 Å². The number of nitrogens with zero attached hydrogens (tertiary/aromatic N) is 1. The Morgan fingerprint density at radius 3 is 2.66 bits per heavy atom. The van der Waals surface area contributed by atoms with Crippen molar-refractivity contribution in [3.05, 3.63) is 53.6 Å². The van der Waals surface area contributed by atoms with Gasteiger partial charge in [0.1, 0.15) is 0 Å². The molecule has 2 N–H and O–H groups in total. The highest BCUT2D eigenvalue weighted by Gasteiger charge is 2.31. The minimum absolute atomic E-state index is 0.161. The van der Waals surface area contributed by atoms with E-state index in [1.54, 1.807) is 31.2 Å². The summed E-state index contributed by atoms with van der Waals surface area (Å²) in [5.74, 6) is 0.315. The monoisotopic (exact) mass is 501 g/mol. The summed E-state index contributed by atoms with van der Waals surface area (Å²) in [6.45, 7) is 3.69. The number of likely N-dealkylation sites (tertiary alicyclic amines) is 1. The van der Waals surface area contributed by atoms with Crippen LogP contribution in [0.5, 0.6) is 11.5 Å². The lowest BCUT2D eigenvalue weighted by Crippen LogP contribution is -2.45. The lowest BCUT2D eigenvalue weighted by molar-refractivity contribution is -0.149. The second-order valence-corrected chi connectivity index (χ2v) is 8.75. The Kier molecular flexibility index (Phi) is 8.09. The van der Waals surface area contributed by atoms with Gasteiger partial charge in [-0.25, -0.2) is 0 Å². The van der Waals surface area contributed by atoms with Gasteiger partial charge in [-0.2, -0.15) is 0 Å². The molecule has 1 atom stereocenters. The van der Waals surface area contributed by atoms with E-state index in [2.05, 4.69) is 10.6 Å². The highest BCUT2D eigenvalue weighted by atomic mass is 35.5. The van der Waals surface area contributed by atoms with E-state index in [4.69, 9.17) is 25.8 Å². The summed E-state index contributed by atoms with van der Waals surface area (Å²) in [4.78, 5) is 39.1. The first-order valence-electron chi connectivity index (χ1n) is 11.6. The van der Waals surface area contributed by atoms with Gasteiger partial charge in [0.15, 0.2) is 17.0 Å². The molecule has 1 unspecified atom stereocenters. The molecule has 4 rings (SSSR count). The SMILES string of the molecule is CCOC(=O)C1CCN(C(Cl)C(=O)Nc2cccc(C(=O)NCc3ccc4c(c3)OCO4)c2)CC1. The van der Waals surface area contributed by atoms with Crippen molar-refractivity contribution in [2.75, 3.05) is 31.8 Å². The zero-order valence-electron chi connectivity index (χ0n) is 19.4. The van der Waals surface area contributed by atoms with E-state index in [1.165, 1.54) is 0 Å². The van der Waals surface area contributed by atoms with Gasteiger partial charge in [0.25, 0.3) is 11.8 Å². The Morgan fingerprint density at radius 1 is 1.11 bits per heavy atom. The molecule has 0 aromatic heterocycles. The molecular formula is C25H28ClN3O6. The number of carbonyl (C=O) groups is 3. The molecular weight excluding hydrogens is 474 g/mol. The first-order chi connectivity index (χ1) is 16.9. The van der Waals surface area contributed by atoms with Crippen LogP contribution in [0.25, 0.3) is 0 Å². The van der Waals surface area contributed by atoms with Crippen molar-refractivity contribution in [2.45, 2.75) is 31.8 Å². The Morgan fingerprint density at radius 2 is 1.89 bits per heavy atom. The number of hydrogen-bond donors (Lipinski definition) is 2. The maximum atomic E-state index is 12.7. The normalized spacial score (nSPS) is 16.4. The van der Waals surface area contributed by atoms with Crippen LogP contribution in [0.4, 0.5) is 5.69 Å². The third-order valence-electron chi connectivity index (χ3n) is 5.97. The third-order valence-corrected chi connectivity index (χ3v) is 6.44. The van der Waals surface area contributed by atoms with E-state index in [-0.39, 0.29) is 30.5 Å². The average Bonchev–Trinajstić information content (AvgIpc) is 3.35. The van der Waals surface area contributed by atoms with Crippen LogP contribution in [0.1, 0.15) is 35.7 Å². The average molecular weight is 502 g/mol. The van der Waals surface area contributed by atoms with Crippen molar-refractivity contribution in [3.8, 4) is 11.5 Å². The van der Waals surface area contributed by atoms with Crippen molar-refractivity contribution in [1.82, 2.24) is 10.2 Å². The molecule has 0 spiro atoms. The van der Waals surface area contributed by atoms with Gasteiger partial charge >= 0.3 is 5.97 Å². The highest BCUT2D eigenvalue weighted by molar-refractivity contribution is 6.32. The number of rotatable bonds is 8. The Balaban J connectivity index is 1.28. The van der Waals surface area contributed by atoms with Crippen LogP contribution in [-0.2, 0) is 20.9 Å². The van der Waals surface area contributed by atoms with Crippen molar-refractivity contribution in [3.63, 3.8) is 0 Å². The van der Waals surface area contributed by atoms with Gasteiger partial charge in [-0.3, -0.25) is 19.3 Å². The molecule has 2 heterocycles. The fourth-order valence-electron chi connectivity index (χ4n) is 4.06. The molecule has 9 nitrogen and oxygen atoms in total. The van der Waals surface area contributed by atoms with Gasteiger partial charge in [0.2, 0.25) is 6.79 Å². The van der Waals surface area contributed by atoms with Crippen molar-refractivity contribution >= 4 is 35.1 Å². The summed E-state index contributed by atoms with van der Waals surface area (Å²) in [5.41, 5.74) is 0.869. The Hall–Kier alpha value is -3.30. The van der Waals surface area contributed by atoms with Crippen LogP contribution in [0, 0.1) is 5.92 Å². The number of halogens is 1. The van der Waals surface area contributed by atoms with Crippen molar-refractivity contribution in [1.29, 1.82) is 0 Å². The second kappa shape index (κ2) is 11.4. The third kappa shape index (κ3) is 6.23. The zero-order valence-corrected chi connectivity index (χ0v) is 20.2. The number of amides is 2. The number of hydrogen-bond acceptors (Lipinski definition) is 7. The van der Waals surface area contributed by atoms with Gasteiger partial charge < -0.3 is 24.8 Å².